The van der Waals surface area contributed by atoms with Crippen LogP contribution >= 0.6 is 0 Å². The summed E-state index contributed by atoms with van der Waals surface area (Å²) in [6.45, 7) is 10.1. The summed E-state index contributed by atoms with van der Waals surface area (Å²) in [5.41, 5.74) is 5.91. The van der Waals surface area contributed by atoms with E-state index in [-0.39, 0.29) is 5.54 Å². The predicted molar refractivity (Wildman–Crippen MR) is 57.7 cm³/mol. The monoisotopic (exact) mass is 182 g/mol. The molecule has 0 heterocycles. The zero-order valence-corrected chi connectivity index (χ0v) is 8.92. The maximum absolute atomic E-state index is 5.95. The highest BCUT2D eigenvalue weighted by atomic mass is 15.2. The van der Waals surface area contributed by atoms with E-state index in [1.807, 2.05) is 6.08 Å². The van der Waals surface area contributed by atoms with Crippen LogP contribution in [0.1, 0.15) is 33.1 Å². The molecule has 2 heteroatoms. The fraction of sp³-hybridized carbons (Fsp3) is 0.818. The lowest BCUT2D eigenvalue weighted by molar-refractivity contribution is 0.262. The minimum absolute atomic E-state index is 0.0334. The van der Waals surface area contributed by atoms with Crippen LogP contribution in [0.4, 0.5) is 0 Å². The molecule has 0 unspecified atom stereocenters. The first-order valence-corrected chi connectivity index (χ1v) is 5.17. The lowest BCUT2D eigenvalue weighted by Gasteiger charge is -2.25. The van der Waals surface area contributed by atoms with Crippen molar-refractivity contribution in [2.45, 2.75) is 44.7 Å². The van der Waals surface area contributed by atoms with E-state index in [4.69, 9.17) is 5.73 Å². The molecule has 0 spiro atoms. The van der Waals surface area contributed by atoms with Crippen molar-refractivity contribution >= 4 is 0 Å². The summed E-state index contributed by atoms with van der Waals surface area (Å²) in [5, 5.41) is 0. The number of hydrogen-bond donors (Lipinski definition) is 1. The average molecular weight is 182 g/mol. The maximum atomic E-state index is 5.95. The Bertz CT molecular complexity index is 165. The lowest BCUT2D eigenvalue weighted by atomic mass is 10.0. The van der Waals surface area contributed by atoms with Crippen LogP contribution in [0, 0.1) is 0 Å². The molecule has 0 aromatic carbocycles. The number of hydrogen-bond acceptors (Lipinski definition) is 2. The summed E-state index contributed by atoms with van der Waals surface area (Å²) in [6, 6.07) is 0.820. The van der Waals surface area contributed by atoms with Crippen molar-refractivity contribution in [3.8, 4) is 0 Å². The molecular formula is C11H22N2. The SMILES string of the molecule is C=CCN(CCC(C)(C)N)C1CC1. The van der Waals surface area contributed by atoms with Crippen LogP contribution < -0.4 is 5.73 Å². The van der Waals surface area contributed by atoms with Crippen molar-refractivity contribution in [1.29, 1.82) is 0 Å². The molecule has 0 atom stereocenters. The van der Waals surface area contributed by atoms with E-state index in [0.717, 1.165) is 25.6 Å². The van der Waals surface area contributed by atoms with Gasteiger partial charge < -0.3 is 5.73 Å². The molecule has 0 aliphatic heterocycles. The molecule has 1 aliphatic carbocycles. The van der Waals surface area contributed by atoms with E-state index in [1.54, 1.807) is 0 Å². The first-order chi connectivity index (χ1) is 6.03. The summed E-state index contributed by atoms with van der Waals surface area (Å²) in [6.07, 6.45) is 5.77. The largest absolute Gasteiger partial charge is 0.326 e. The number of nitrogens with two attached hydrogens (primary N) is 1. The lowest BCUT2D eigenvalue weighted by Crippen LogP contribution is -2.38. The third kappa shape index (κ3) is 4.44. The predicted octanol–water partition coefficient (Wildman–Crippen LogP) is 1.76. The highest BCUT2D eigenvalue weighted by molar-refractivity contribution is 4.89. The summed E-state index contributed by atoms with van der Waals surface area (Å²) >= 11 is 0. The first-order valence-electron chi connectivity index (χ1n) is 5.17. The van der Waals surface area contributed by atoms with Crippen molar-refractivity contribution < 1.29 is 0 Å². The molecule has 1 saturated carbocycles. The average Bonchev–Trinajstić information content (AvgIpc) is 2.78. The van der Waals surface area contributed by atoms with Crippen LogP contribution in [-0.4, -0.2) is 29.6 Å². The first kappa shape index (κ1) is 10.7. The molecule has 0 amide bonds. The zero-order valence-electron chi connectivity index (χ0n) is 8.92. The molecule has 0 bridgehead atoms. The molecule has 1 aliphatic rings. The Labute approximate surface area is 81.8 Å². The third-order valence-corrected chi connectivity index (χ3v) is 2.47. The standard InChI is InChI=1S/C11H22N2/c1-4-8-13(10-5-6-10)9-7-11(2,3)12/h4,10H,1,5-9,12H2,2-3H3. The van der Waals surface area contributed by atoms with E-state index in [1.165, 1.54) is 12.8 Å². The van der Waals surface area contributed by atoms with Crippen molar-refractivity contribution in [3.05, 3.63) is 12.7 Å². The summed E-state index contributed by atoms with van der Waals surface area (Å²) in [7, 11) is 0. The van der Waals surface area contributed by atoms with Crippen LogP contribution in [0.2, 0.25) is 0 Å². The normalized spacial score (nSPS) is 17.8. The van der Waals surface area contributed by atoms with Gasteiger partial charge in [-0.3, -0.25) is 4.90 Å². The second-order valence-corrected chi connectivity index (χ2v) is 4.75. The van der Waals surface area contributed by atoms with Gasteiger partial charge in [-0.1, -0.05) is 6.08 Å². The topological polar surface area (TPSA) is 29.3 Å². The summed E-state index contributed by atoms with van der Waals surface area (Å²) < 4.78 is 0. The number of nitrogens with zero attached hydrogens (tertiary/aromatic N) is 1. The number of rotatable bonds is 6. The summed E-state index contributed by atoms with van der Waals surface area (Å²) in [5.74, 6) is 0. The minimum Gasteiger partial charge on any atom is -0.326 e. The van der Waals surface area contributed by atoms with Gasteiger partial charge >= 0.3 is 0 Å². The Morgan fingerprint density at radius 2 is 2.15 bits per heavy atom. The molecule has 2 N–H and O–H groups in total. The Morgan fingerprint density at radius 3 is 2.54 bits per heavy atom. The van der Waals surface area contributed by atoms with Gasteiger partial charge in [0.25, 0.3) is 0 Å². The highest BCUT2D eigenvalue weighted by Crippen LogP contribution is 2.27. The van der Waals surface area contributed by atoms with Crippen LogP contribution in [0.5, 0.6) is 0 Å². The van der Waals surface area contributed by atoms with Crippen molar-refractivity contribution in [2.75, 3.05) is 13.1 Å². The fourth-order valence-electron chi connectivity index (χ4n) is 1.46. The molecule has 13 heavy (non-hydrogen) atoms. The van der Waals surface area contributed by atoms with E-state index in [2.05, 4.69) is 25.3 Å². The molecule has 0 radical (unpaired) electrons. The van der Waals surface area contributed by atoms with E-state index in [0.29, 0.717) is 0 Å². The Kier molecular flexibility index (Phi) is 3.51. The smallest absolute Gasteiger partial charge is 0.0163 e. The van der Waals surface area contributed by atoms with Gasteiger partial charge in [-0.2, -0.15) is 0 Å². The molecule has 1 rings (SSSR count). The second-order valence-electron chi connectivity index (χ2n) is 4.75. The highest BCUT2D eigenvalue weighted by Gasteiger charge is 2.28. The molecular weight excluding hydrogens is 160 g/mol. The Balaban J connectivity index is 2.25. The fourth-order valence-corrected chi connectivity index (χ4v) is 1.46. The van der Waals surface area contributed by atoms with Gasteiger partial charge in [-0.15, -0.1) is 6.58 Å². The second kappa shape index (κ2) is 4.25. The Hall–Kier alpha value is -0.340. The van der Waals surface area contributed by atoms with Gasteiger partial charge in [0, 0.05) is 24.7 Å². The Morgan fingerprint density at radius 1 is 1.54 bits per heavy atom. The van der Waals surface area contributed by atoms with Gasteiger partial charge in [-0.25, -0.2) is 0 Å². The molecule has 0 aromatic rings. The van der Waals surface area contributed by atoms with Gasteiger partial charge in [0.1, 0.15) is 0 Å². The van der Waals surface area contributed by atoms with Crippen LogP contribution in [0.3, 0.4) is 0 Å². The van der Waals surface area contributed by atoms with Gasteiger partial charge in [0.15, 0.2) is 0 Å². The van der Waals surface area contributed by atoms with Crippen molar-refractivity contribution in [2.24, 2.45) is 5.73 Å². The maximum Gasteiger partial charge on any atom is 0.0163 e. The third-order valence-electron chi connectivity index (χ3n) is 2.47. The van der Waals surface area contributed by atoms with Gasteiger partial charge in [-0.05, 0) is 33.1 Å². The van der Waals surface area contributed by atoms with E-state index < -0.39 is 0 Å². The van der Waals surface area contributed by atoms with Crippen molar-refractivity contribution in [3.63, 3.8) is 0 Å². The van der Waals surface area contributed by atoms with Gasteiger partial charge in [0.2, 0.25) is 0 Å². The molecule has 0 aromatic heterocycles. The van der Waals surface area contributed by atoms with Crippen LogP contribution in [-0.2, 0) is 0 Å². The summed E-state index contributed by atoms with van der Waals surface area (Å²) in [4.78, 5) is 2.49. The van der Waals surface area contributed by atoms with Crippen molar-refractivity contribution in [1.82, 2.24) is 4.90 Å². The quantitative estimate of drug-likeness (QED) is 0.634. The van der Waals surface area contributed by atoms with Gasteiger partial charge in [0.05, 0.1) is 0 Å². The molecule has 76 valence electrons. The van der Waals surface area contributed by atoms with E-state index in [9.17, 15) is 0 Å². The molecule has 1 fully saturated rings. The van der Waals surface area contributed by atoms with Crippen LogP contribution in [0.25, 0.3) is 0 Å². The minimum atomic E-state index is -0.0334. The molecule has 2 nitrogen and oxygen atoms in total. The van der Waals surface area contributed by atoms with E-state index >= 15 is 0 Å². The molecule has 0 saturated heterocycles. The zero-order chi connectivity index (χ0) is 9.90. The van der Waals surface area contributed by atoms with Crippen LogP contribution in [0.15, 0.2) is 12.7 Å².